The molecule has 0 heterocycles. The van der Waals surface area contributed by atoms with Gasteiger partial charge in [0.1, 0.15) is 14.1 Å². The Balaban J connectivity index is 2.44. The summed E-state index contributed by atoms with van der Waals surface area (Å²) in [6.07, 6.45) is 7.60. The van der Waals surface area contributed by atoms with Crippen molar-refractivity contribution in [1.29, 1.82) is 0 Å². The highest BCUT2D eigenvalue weighted by molar-refractivity contribution is 5.93. The quantitative estimate of drug-likeness (QED) is 0.446. The second-order valence-electron chi connectivity index (χ2n) is 3.76. The predicted molar refractivity (Wildman–Crippen MR) is 53.4 cm³/mol. The standard InChI is InChI=1S/C11H20N/c1-4-5-9-11(12(2)3)10-7-6-8-10/h1,4-9H2,2-3H3/q+1. The molecule has 0 aromatic rings. The first-order valence-corrected chi connectivity index (χ1v) is 4.93. The first kappa shape index (κ1) is 9.76. The maximum absolute atomic E-state index is 3.88. The summed E-state index contributed by atoms with van der Waals surface area (Å²) in [4.78, 5) is 0. The molecule has 0 amide bonds. The van der Waals surface area contributed by atoms with Gasteiger partial charge in [0.05, 0.1) is 5.92 Å². The zero-order valence-electron chi connectivity index (χ0n) is 8.40. The predicted octanol–water partition coefficient (Wildman–Crippen LogP) is 2.46. The van der Waals surface area contributed by atoms with Crippen molar-refractivity contribution >= 4 is 5.71 Å². The summed E-state index contributed by atoms with van der Waals surface area (Å²) in [5, 5.41) is 0. The smallest absolute Gasteiger partial charge is 0.159 e. The van der Waals surface area contributed by atoms with E-state index in [1.54, 1.807) is 11.6 Å². The van der Waals surface area contributed by atoms with E-state index in [1.807, 2.05) is 0 Å². The SMILES string of the molecule is [CH2]CCCC([C]1CCC1)=[N+](C)C. The minimum Gasteiger partial charge on any atom is -0.242 e. The lowest BCUT2D eigenvalue weighted by Gasteiger charge is -2.23. The second-order valence-corrected chi connectivity index (χ2v) is 3.76. The van der Waals surface area contributed by atoms with E-state index in [0.29, 0.717) is 0 Å². The fourth-order valence-electron chi connectivity index (χ4n) is 1.65. The van der Waals surface area contributed by atoms with Gasteiger partial charge in [0.25, 0.3) is 0 Å². The Kier molecular flexibility index (Phi) is 3.77. The van der Waals surface area contributed by atoms with Crippen LogP contribution in [0.15, 0.2) is 0 Å². The minimum atomic E-state index is 1.06. The highest BCUT2D eigenvalue weighted by Crippen LogP contribution is 2.31. The Labute approximate surface area is 76.5 Å². The van der Waals surface area contributed by atoms with Crippen LogP contribution in [0.4, 0.5) is 0 Å². The number of rotatable bonds is 4. The van der Waals surface area contributed by atoms with Crippen molar-refractivity contribution in [2.24, 2.45) is 0 Å². The van der Waals surface area contributed by atoms with Crippen LogP contribution in [-0.4, -0.2) is 24.4 Å². The number of nitrogens with zero attached hydrogens (tertiary/aromatic N) is 1. The van der Waals surface area contributed by atoms with E-state index in [0.717, 1.165) is 6.42 Å². The van der Waals surface area contributed by atoms with Gasteiger partial charge in [0.15, 0.2) is 5.71 Å². The van der Waals surface area contributed by atoms with Gasteiger partial charge in [-0.15, -0.1) is 0 Å². The molecule has 1 fully saturated rings. The van der Waals surface area contributed by atoms with E-state index in [-0.39, 0.29) is 0 Å². The van der Waals surface area contributed by atoms with Gasteiger partial charge in [-0.3, -0.25) is 0 Å². The molecule has 0 aliphatic heterocycles. The third kappa shape index (κ3) is 2.33. The van der Waals surface area contributed by atoms with E-state index in [1.165, 1.54) is 32.1 Å². The van der Waals surface area contributed by atoms with E-state index in [2.05, 4.69) is 25.6 Å². The van der Waals surface area contributed by atoms with Crippen LogP contribution >= 0.6 is 0 Å². The molecule has 12 heavy (non-hydrogen) atoms. The van der Waals surface area contributed by atoms with Crippen LogP contribution < -0.4 is 0 Å². The summed E-state index contributed by atoms with van der Waals surface area (Å²) in [6.45, 7) is 3.88. The number of hydrogen-bond donors (Lipinski definition) is 0. The van der Waals surface area contributed by atoms with E-state index in [4.69, 9.17) is 0 Å². The molecule has 1 saturated carbocycles. The third-order valence-corrected chi connectivity index (χ3v) is 2.57. The molecule has 0 bridgehead atoms. The summed E-state index contributed by atoms with van der Waals surface area (Å²) in [5.41, 5.74) is 1.57. The summed E-state index contributed by atoms with van der Waals surface area (Å²) in [5.74, 6) is 1.69. The minimum absolute atomic E-state index is 1.06. The van der Waals surface area contributed by atoms with Gasteiger partial charge in [-0.25, -0.2) is 4.58 Å². The normalized spacial score (nSPS) is 17.2. The van der Waals surface area contributed by atoms with Gasteiger partial charge in [-0.2, -0.15) is 0 Å². The van der Waals surface area contributed by atoms with Crippen molar-refractivity contribution < 1.29 is 4.58 Å². The van der Waals surface area contributed by atoms with Crippen LogP contribution in [0.2, 0.25) is 0 Å². The highest BCUT2D eigenvalue weighted by Gasteiger charge is 2.28. The summed E-state index contributed by atoms with van der Waals surface area (Å²) in [7, 11) is 4.31. The molecule has 1 rings (SSSR count). The summed E-state index contributed by atoms with van der Waals surface area (Å²) < 4.78 is 2.28. The molecule has 0 N–H and O–H groups in total. The molecule has 68 valence electrons. The Morgan fingerprint density at radius 3 is 2.42 bits per heavy atom. The molecular weight excluding hydrogens is 146 g/mol. The fourth-order valence-corrected chi connectivity index (χ4v) is 1.65. The maximum atomic E-state index is 3.88. The molecule has 1 nitrogen and oxygen atoms in total. The van der Waals surface area contributed by atoms with Crippen molar-refractivity contribution in [3.63, 3.8) is 0 Å². The average molecular weight is 166 g/mol. The molecule has 1 aliphatic rings. The first-order chi connectivity index (χ1) is 5.75. The molecule has 0 aromatic carbocycles. The van der Waals surface area contributed by atoms with Crippen LogP contribution in [0.1, 0.15) is 38.5 Å². The van der Waals surface area contributed by atoms with Crippen LogP contribution in [0.25, 0.3) is 0 Å². The molecule has 1 aliphatic carbocycles. The second kappa shape index (κ2) is 4.64. The Bertz CT molecular complexity index is 162. The molecule has 2 radical (unpaired) electrons. The monoisotopic (exact) mass is 166 g/mol. The fraction of sp³-hybridized carbons (Fsp3) is 0.727. The Morgan fingerprint density at radius 1 is 1.42 bits per heavy atom. The summed E-state index contributed by atoms with van der Waals surface area (Å²) >= 11 is 0. The lowest BCUT2D eigenvalue weighted by atomic mass is 9.80. The number of unbranched alkanes of at least 4 members (excludes halogenated alkanes) is 1. The van der Waals surface area contributed by atoms with E-state index >= 15 is 0 Å². The average Bonchev–Trinajstić information content (AvgIpc) is 1.93. The largest absolute Gasteiger partial charge is 0.242 e. The molecule has 0 atom stereocenters. The summed E-state index contributed by atoms with van der Waals surface area (Å²) in [6, 6.07) is 0. The van der Waals surface area contributed by atoms with Gasteiger partial charge in [0, 0.05) is 6.42 Å². The van der Waals surface area contributed by atoms with Crippen molar-refractivity contribution in [3.05, 3.63) is 12.8 Å². The topological polar surface area (TPSA) is 3.01 Å². The van der Waals surface area contributed by atoms with Crippen molar-refractivity contribution in [3.8, 4) is 0 Å². The number of hydrogen-bond acceptors (Lipinski definition) is 0. The zero-order valence-corrected chi connectivity index (χ0v) is 8.40. The Morgan fingerprint density at radius 2 is 2.08 bits per heavy atom. The lowest BCUT2D eigenvalue weighted by molar-refractivity contribution is -0.466. The van der Waals surface area contributed by atoms with Crippen LogP contribution in [0.5, 0.6) is 0 Å². The molecular formula is C11H20N+. The van der Waals surface area contributed by atoms with E-state index in [9.17, 15) is 0 Å². The lowest BCUT2D eigenvalue weighted by Crippen LogP contribution is -2.26. The van der Waals surface area contributed by atoms with Crippen molar-refractivity contribution in [2.45, 2.75) is 38.5 Å². The van der Waals surface area contributed by atoms with Crippen LogP contribution in [0, 0.1) is 12.8 Å². The molecule has 0 aromatic heterocycles. The van der Waals surface area contributed by atoms with Gasteiger partial charge in [0.2, 0.25) is 0 Å². The molecule has 0 spiro atoms. The molecule has 1 heteroatoms. The maximum Gasteiger partial charge on any atom is 0.159 e. The molecule has 0 saturated heterocycles. The third-order valence-electron chi connectivity index (χ3n) is 2.57. The highest BCUT2D eigenvalue weighted by atomic mass is 14.9. The molecule has 0 unspecified atom stereocenters. The first-order valence-electron chi connectivity index (χ1n) is 4.93. The van der Waals surface area contributed by atoms with Crippen molar-refractivity contribution in [1.82, 2.24) is 0 Å². The van der Waals surface area contributed by atoms with Crippen molar-refractivity contribution in [2.75, 3.05) is 14.1 Å². The van der Waals surface area contributed by atoms with Gasteiger partial charge < -0.3 is 0 Å². The Hall–Kier alpha value is -0.330. The van der Waals surface area contributed by atoms with Crippen LogP contribution in [-0.2, 0) is 0 Å². The van der Waals surface area contributed by atoms with Gasteiger partial charge in [-0.1, -0.05) is 19.8 Å². The van der Waals surface area contributed by atoms with E-state index < -0.39 is 0 Å². The zero-order chi connectivity index (χ0) is 8.97. The van der Waals surface area contributed by atoms with Gasteiger partial charge in [-0.05, 0) is 19.3 Å². The van der Waals surface area contributed by atoms with Gasteiger partial charge >= 0.3 is 0 Å². The van der Waals surface area contributed by atoms with Crippen LogP contribution in [0.3, 0.4) is 0 Å².